The SMILES string of the molecule is CS(=O)(=O)C1(c2noc(CN)n2)CCOCC1. The Bertz CT molecular complexity index is 490. The van der Waals surface area contributed by atoms with Gasteiger partial charge < -0.3 is 15.0 Å². The van der Waals surface area contributed by atoms with Crippen LogP contribution in [0.15, 0.2) is 4.52 Å². The topological polar surface area (TPSA) is 108 Å². The van der Waals surface area contributed by atoms with Crippen molar-refractivity contribution in [3.63, 3.8) is 0 Å². The molecule has 8 heteroatoms. The maximum atomic E-state index is 12.0. The Labute approximate surface area is 99.2 Å². The van der Waals surface area contributed by atoms with Crippen LogP contribution in [0.5, 0.6) is 0 Å². The highest BCUT2D eigenvalue weighted by atomic mass is 32.2. The maximum Gasteiger partial charge on any atom is 0.240 e. The highest BCUT2D eigenvalue weighted by molar-refractivity contribution is 7.91. The molecule has 1 saturated heterocycles. The van der Waals surface area contributed by atoms with E-state index in [-0.39, 0.29) is 18.3 Å². The van der Waals surface area contributed by atoms with E-state index in [1.165, 1.54) is 6.26 Å². The van der Waals surface area contributed by atoms with Crippen molar-refractivity contribution in [2.24, 2.45) is 5.73 Å². The molecular weight excluding hydrogens is 246 g/mol. The molecule has 2 heterocycles. The van der Waals surface area contributed by atoms with E-state index in [0.29, 0.717) is 26.1 Å². The predicted molar refractivity (Wildman–Crippen MR) is 58.8 cm³/mol. The van der Waals surface area contributed by atoms with Crippen molar-refractivity contribution >= 4 is 9.84 Å². The van der Waals surface area contributed by atoms with Crippen LogP contribution in [-0.2, 0) is 25.9 Å². The summed E-state index contributed by atoms with van der Waals surface area (Å²) in [6.07, 6.45) is 1.88. The van der Waals surface area contributed by atoms with E-state index < -0.39 is 14.6 Å². The first-order valence-corrected chi connectivity index (χ1v) is 7.19. The molecule has 2 rings (SSSR count). The average Bonchev–Trinajstić information content (AvgIpc) is 2.77. The third kappa shape index (κ3) is 2.07. The predicted octanol–water partition coefficient (Wildman–Crippen LogP) is -0.421. The molecule has 1 aromatic rings. The summed E-state index contributed by atoms with van der Waals surface area (Å²) in [5, 5.41) is 3.75. The molecule has 0 amide bonds. The van der Waals surface area contributed by atoms with Gasteiger partial charge in [0.1, 0.15) is 4.75 Å². The third-order valence-electron chi connectivity index (χ3n) is 3.06. The third-order valence-corrected chi connectivity index (χ3v) is 5.07. The molecule has 2 N–H and O–H groups in total. The molecule has 0 bridgehead atoms. The molecule has 0 aromatic carbocycles. The fraction of sp³-hybridized carbons (Fsp3) is 0.778. The van der Waals surface area contributed by atoms with E-state index in [0.717, 1.165) is 0 Å². The van der Waals surface area contributed by atoms with E-state index in [2.05, 4.69) is 10.1 Å². The first kappa shape index (κ1) is 12.5. The molecule has 0 atom stereocenters. The number of hydrogen-bond acceptors (Lipinski definition) is 7. The molecule has 0 radical (unpaired) electrons. The lowest BCUT2D eigenvalue weighted by atomic mass is 9.98. The lowest BCUT2D eigenvalue weighted by molar-refractivity contribution is 0.0714. The number of nitrogens with zero attached hydrogens (tertiary/aromatic N) is 2. The van der Waals surface area contributed by atoms with E-state index in [4.69, 9.17) is 15.0 Å². The van der Waals surface area contributed by atoms with Gasteiger partial charge in [0.05, 0.1) is 6.54 Å². The fourth-order valence-electron chi connectivity index (χ4n) is 1.98. The smallest absolute Gasteiger partial charge is 0.240 e. The molecule has 1 aliphatic heterocycles. The van der Waals surface area contributed by atoms with Gasteiger partial charge in [0.25, 0.3) is 0 Å². The van der Waals surface area contributed by atoms with Crippen molar-refractivity contribution < 1.29 is 17.7 Å². The number of nitrogens with two attached hydrogens (primary N) is 1. The average molecular weight is 261 g/mol. The van der Waals surface area contributed by atoms with Crippen LogP contribution in [-0.4, -0.2) is 38.0 Å². The number of aromatic nitrogens is 2. The van der Waals surface area contributed by atoms with E-state index >= 15 is 0 Å². The van der Waals surface area contributed by atoms with Crippen molar-refractivity contribution in [2.45, 2.75) is 24.1 Å². The summed E-state index contributed by atoms with van der Waals surface area (Å²) in [6.45, 7) is 0.850. The van der Waals surface area contributed by atoms with E-state index in [9.17, 15) is 8.42 Å². The fourth-order valence-corrected chi connectivity index (χ4v) is 3.31. The lowest BCUT2D eigenvalue weighted by Gasteiger charge is -2.32. The molecular formula is C9H15N3O4S. The maximum absolute atomic E-state index is 12.0. The Morgan fingerprint density at radius 1 is 1.41 bits per heavy atom. The molecule has 0 saturated carbocycles. The highest BCUT2D eigenvalue weighted by Gasteiger charge is 2.47. The van der Waals surface area contributed by atoms with Crippen LogP contribution in [0.25, 0.3) is 0 Å². The zero-order valence-corrected chi connectivity index (χ0v) is 10.4. The minimum atomic E-state index is -3.34. The van der Waals surface area contributed by atoms with Crippen molar-refractivity contribution in [2.75, 3.05) is 19.5 Å². The monoisotopic (exact) mass is 261 g/mol. The number of rotatable bonds is 3. The first-order chi connectivity index (χ1) is 7.99. The number of sulfone groups is 1. The van der Waals surface area contributed by atoms with Crippen LogP contribution in [0.3, 0.4) is 0 Å². The molecule has 1 fully saturated rings. The molecule has 0 spiro atoms. The van der Waals surface area contributed by atoms with E-state index in [1.807, 2.05) is 0 Å². The summed E-state index contributed by atoms with van der Waals surface area (Å²) in [4.78, 5) is 4.05. The summed E-state index contributed by atoms with van der Waals surface area (Å²) in [5.41, 5.74) is 5.37. The van der Waals surface area contributed by atoms with Crippen LogP contribution >= 0.6 is 0 Å². The normalized spacial score (nSPS) is 20.4. The van der Waals surface area contributed by atoms with Gasteiger partial charge >= 0.3 is 0 Å². The van der Waals surface area contributed by atoms with Crippen LogP contribution in [0, 0.1) is 0 Å². The van der Waals surface area contributed by atoms with E-state index in [1.54, 1.807) is 0 Å². The van der Waals surface area contributed by atoms with Crippen LogP contribution in [0.4, 0.5) is 0 Å². The van der Waals surface area contributed by atoms with Crippen molar-refractivity contribution in [1.29, 1.82) is 0 Å². The van der Waals surface area contributed by atoms with Crippen molar-refractivity contribution in [3.05, 3.63) is 11.7 Å². The second-order valence-electron chi connectivity index (χ2n) is 4.09. The molecule has 7 nitrogen and oxygen atoms in total. The van der Waals surface area contributed by atoms with Gasteiger partial charge in [0.2, 0.25) is 5.89 Å². The van der Waals surface area contributed by atoms with Gasteiger partial charge in [-0.1, -0.05) is 5.16 Å². The quantitative estimate of drug-likeness (QED) is 0.787. The summed E-state index contributed by atoms with van der Waals surface area (Å²) in [6, 6.07) is 0. The van der Waals surface area contributed by atoms with Crippen LogP contribution in [0.1, 0.15) is 24.6 Å². The molecule has 1 aromatic heterocycles. The second-order valence-corrected chi connectivity index (χ2v) is 6.42. The minimum Gasteiger partial charge on any atom is -0.381 e. The molecule has 17 heavy (non-hydrogen) atoms. The van der Waals surface area contributed by atoms with Gasteiger partial charge in [-0.15, -0.1) is 0 Å². The van der Waals surface area contributed by atoms with Crippen molar-refractivity contribution in [3.8, 4) is 0 Å². The zero-order valence-electron chi connectivity index (χ0n) is 9.55. The lowest BCUT2D eigenvalue weighted by Crippen LogP contribution is -2.41. The Hall–Kier alpha value is -0.990. The number of ether oxygens (including phenoxy) is 1. The van der Waals surface area contributed by atoms with Crippen LogP contribution in [0.2, 0.25) is 0 Å². The Kier molecular flexibility index (Phi) is 3.19. The van der Waals surface area contributed by atoms with Gasteiger partial charge in [0.15, 0.2) is 15.7 Å². The summed E-state index contributed by atoms with van der Waals surface area (Å²) in [7, 11) is -3.34. The Balaban J connectivity index is 2.46. The van der Waals surface area contributed by atoms with Gasteiger partial charge in [-0.05, 0) is 12.8 Å². The standard InChI is InChI=1S/C9H15N3O4S/c1-17(13,14)9(2-4-15-5-3-9)8-11-7(6-10)16-12-8/h2-6,10H2,1H3. The Morgan fingerprint density at radius 2 is 2.06 bits per heavy atom. The van der Waals surface area contributed by atoms with Gasteiger partial charge in [-0.2, -0.15) is 4.98 Å². The molecule has 0 unspecified atom stereocenters. The number of hydrogen-bond donors (Lipinski definition) is 1. The zero-order chi connectivity index (χ0) is 12.5. The summed E-state index contributed by atoms with van der Waals surface area (Å²) < 4.78 is 33.0. The minimum absolute atomic E-state index is 0.101. The van der Waals surface area contributed by atoms with Crippen molar-refractivity contribution in [1.82, 2.24) is 10.1 Å². The van der Waals surface area contributed by atoms with Gasteiger partial charge in [-0.3, -0.25) is 0 Å². The van der Waals surface area contributed by atoms with Crippen LogP contribution < -0.4 is 5.73 Å². The molecule has 0 aliphatic carbocycles. The first-order valence-electron chi connectivity index (χ1n) is 5.30. The molecule has 1 aliphatic rings. The highest BCUT2D eigenvalue weighted by Crippen LogP contribution is 2.37. The van der Waals surface area contributed by atoms with Gasteiger partial charge in [-0.25, -0.2) is 8.42 Å². The largest absolute Gasteiger partial charge is 0.381 e. The summed E-state index contributed by atoms with van der Waals surface area (Å²) >= 11 is 0. The second kappa shape index (κ2) is 4.35. The molecule has 96 valence electrons. The summed E-state index contributed by atoms with van der Waals surface area (Å²) in [5.74, 6) is 0.443. The van der Waals surface area contributed by atoms with Gasteiger partial charge in [0, 0.05) is 19.5 Å². The Morgan fingerprint density at radius 3 is 2.53 bits per heavy atom.